The van der Waals surface area contributed by atoms with Gasteiger partial charge in [0, 0.05) is 26.2 Å². The molecule has 0 spiro atoms. The van der Waals surface area contributed by atoms with Crippen LogP contribution in [0.25, 0.3) is 0 Å². The highest BCUT2D eigenvalue weighted by Crippen LogP contribution is 2.21. The number of carbonyl (C=O) groups excluding carboxylic acids is 2. The molecule has 2 aromatic rings. The van der Waals surface area contributed by atoms with Crippen molar-refractivity contribution in [1.82, 2.24) is 9.80 Å². The van der Waals surface area contributed by atoms with Crippen LogP contribution < -0.4 is 4.74 Å². The van der Waals surface area contributed by atoms with Gasteiger partial charge in [0.1, 0.15) is 11.9 Å². The van der Waals surface area contributed by atoms with Gasteiger partial charge in [-0.25, -0.2) is 0 Å². The molecular weight excluding hydrogens is 368 g/mol. The molecule has 0 bridgehead atoms. The Morgan fingerprint density at radius 2 is 1.55 bits per heavy atom. The molecule has 1 heterocycles. The van der Waals surface area contributed by atoms with Crippen molar-refractivity contribution in [1.29, 1.82) is 0 Å². The van der Waals surface area contributed by atoms with E-state index in [9.17, 15) is 9.59 Å². The summed E-state index contributed by atoms with van der Waals surface area (Å²) >= 11 is 0. The molecule has 0 radical (unpaired) electrons. The summed E-state index contributed by atoms with van der Waals surface area (Å²) in [5.41, 5.74) is 1.60. The second-order valence-corrected chi connectivity index (χ2v) is 6.99. The van der Waals surface area contributed by atoms with Gasteiger partial charge in [-0.05, 0) is 31.5 Å². The maximum Gasteiger partial charge on any atom is 0.257 e. The maximum absolute atomic E-state index is 12.9. The molecule has 0 aliphatic carbocycles. The van der Waals surface area contributed by atoms with E-state index in [1.54, 1.807) is 22.8 Å². The molecule has 1 aliphatic heterocycles. The van der Waals surface area contributed by atoms with Gasteiger partial charge in [0.2, 0.25) is 0 Å². The minimum Gasteiger partial charge on any atom is -0.493 e. The molecule has 0 aromatic heterocycles. The van der Waals surface area contributed by atoms with Crippen LogP contribution in [-0.4, -0.2) is 60.5 Å². The van der Waals surface area contributed by atoms with Gasteiger partial charge in [0.15, 0.2) is 0 Å². The fourth-order valence-corrected chi connectivity index (χ4v) is 3.35. The van der Waals surface area contributed by atoms with Crippen molar-refractivity contribution in [3.63, 3.8) is 0 Å². The van der Waals surface area contributed by atoms with Crippen LogP contribution in [0, 0.1) is 0 Å². The molecule has 29 heavy (non-hydrogen) atoms. The van der Waals surface area contributed by atoms with E-state index in [2.05, 4.69) is 0 Å². The third-order valence-electron chi connectivity index (χ3n) is 4.99. The highest BCUT2D eigenvalue weighted by molar-refractivity contribution is 5.97. The topological polar surface area (TPSA) is 59.1 Å². The molecule has 154 valence electrons. The predicted molar refractivity (Wildman–Crippen MR) is 111 cm³/mol. The van der Waals surface area contributed by atoms with Crippen molar-refractivity contribution >= 4 is 11.8 Å². The summed E-state index contributed by atoms with van der Waals surface area (Å²) in [5.74, 6) is 0.499. The second kappa shape index (κ2) is 10.1. The smallest absolute Gasteiger partial charge is 0.257 e. The Hall–Kier alpha value is -2.86. The maximum atomic E-state index is 12.9. The third-order valence-corrected chi connectivity index (χ3v) is 4.99. The molecule has 1 unspecified atom stereocenters. The van der Waals surface area contributed by atoms with E-state index in [0.29, 0.717) is 50.7 Å². The number of amides is 2. The first-order valence-electron chi connectivity index (χ1n) is 10.1. The molecule has 6 heteroatoms. The average molecular weight is 396 g/mol. The Bertz CT molecular complexity index is 817. The summed E-state index contributed by atoms with van der Waals surface area (Å²) in [5, 5.41) is 0. The molecule has 1 fully saturated rings. The Morgan fingerprint density at radius 1 is 0.931 bits per heavy atom. The van der Waals surface area contributed by atoms with E-state index in [4.69, 9.17) is 9.47 Å². The van der Waals surface area contributed by atoms with Crippen molar-refractivity contribution in [3.05, 3.63) is 65.7 Å². The first-order chi connectivity index (χ1) is 14.1. The molecule has 1 aliphatic rings. The Morgan fingerprint density at radius 3 is 2.24 bits per heavy atom. The summed E-state index contributed by atoms with van der Waals surface area (Å²) in [7, 11) is 0. The fraction of sp³-hybridized carbons (Fsp3) is 0.391. The number of nitrogens with zero attached hydrogens (tertiary/aromatic N) is 2. The van der Waals surface area contributed by atoms with Crippen molar-refractivity contribution in [2.45, 2.75) is 26.6 Å². The van der Waals surface area contributed by atoms with E-state index < -0.39 is 6.10 Å². The highest BCUT2D eigenvalue weighted by Gasteiger charge is 2.28. The zero-order valence-corrected chi connectivity index (χ0v) is 17.0. The number of carbonyl (C=O) groups is 2. The van der Waals surface area contributed by atoms with Crippen LogP contribution in [0.5, 0.6) is 5.75 Å². The monoisotopic (exact) mass is 396 g/mol. The number of hydrogen-bond donors (Lipinski definition) is 0. The van der Waals surface area contributed by atoms with Gasteiger partial charge in [-0.2, -0.15) is 0 Å². The largest absolute Gasteiger partial charge is 0.493 e. The lowest BCUT2D eigenvalue weighted by molar-refractivity contribution is -0.144. The average Bonchev–Trinajstić information content (AvgIpc) is 2.78. The van der Waals surface area contributed by atoms with Crippen LogP contribution in [0.3, 0.4) is 0 Å². The van der Waals surface area contributed by atoms with E-state index in [1.165, 1.54) is 0 Å². The van der Waals surface area contributed by atoms with Crippen molar-refractivity contribution in [3.8, 4) is 5.75 Å². The number of para-hydroxylation sites is 1. The van der Waals surface area contributed by atoms with Crippen LogP contribution in [0.15, 0.2) is 54.6 Å². The molecule has 2 amide bonds. The molecular formula is C23H28N2O4. The zero-order valence-electron chi connectivity index (χ0n) is 17.0. The normalized spacial score (nSPS) is 15.1. The molecule has 0 N–H and O–H groups in total. The number of ether oxygens (including phenoxy) is 2. The van der Waals surface area contributed by atoms with Gasteiger partial charge in [-0.1, -0.05) is 42.5 Å². The van der Waals surface area contributed by atoms with E-state index in [-0.39, 0.29) is 11.8 Å². The summed E-state index contributed by atoms with van der Waals surface area (Å²) in [6.07, 6.45) is -0.517. The first kappa shape index (κ1) is 20.9. The highest BCUT2D eigenvalue weighted by atomic mass is 16.5. The summed E-state index contributed by atoms with van der Waals surface area (Å²) < 4.78 is 11.3. The molecule has 1 atom stereocenters. The minimum absolute atomic E-state index is 0.0391. The van der Waals surface area contributed by atoms with Crippen LogP contribution in [-0.2, 0) is 16.1 Å². The SMILES string of the molecule is CCOc1ccccc1C(=O)N1CCN(C(=O)C(C)OCc2ccccc2)CC1. The zero-order chi connectivity index (χ0) is 20.6. The third kappa shape index (κ3) is 5.35. The lowest BCUT2D eigenvalue weighted by Crippen LogP contribution is -2.52. The summed E-state index contributed by atoms with van der Waals surface area (Å²) in [6, 6.07) is 17.1. The number of hydrogen-bond acceptors (Lipinski definition) is 4. The van der Waals surface area contributed by atoms with Gasteiger partial charge < -0.3 is 19.3 Å². The Balaban J connectivity index is 1.52. The molecule has 0 saturated carbocycles. The van der Waals surface area contributed by atoms with Gasteiger partial charge >= 0.3 is 0 Å². The van der Waals surface area contributed by atoms with Crippen LogP contribution in [0.4, 0.5) is 0 Å². The second-order valence-electron chi connectivity index (χ2n) is 6.99. The van der Waals surface area contributed by atoms with E-state index >= 15 is 0 Å². The standard InChI is InChI=1S/C23H28N2O4/c1-3-28-21-12-8-7-11-20(21)23(27)25-15-13-24(14-16-25)22(26)18(2)29-17-19-9-5-4-6-10-19/h4-12,18H,3,13-17H2,1-2H3. The molecule has 3 rings (SSSR count). The number of benzene rings is 2. The molecule has 2 aromatic carbocycles. The fourth-order valence-electron chi connectivity index (χ4n) is 3.35. The minimum atomic E-state index is -0.517. The first-order valence-corrected chi connectivity index (χ1v) is 10.1. The molecule has 6 nitrogen and oxygen atoms in total. The van der Waals surface area contributed by atoms with Crippen LogP contribution in [0.1, 0.15) is 29.8 Å². The Labute approximate surface area is 172 Å². The molecule has 1 saturated heterocycles. The van der Waals surface area contributed by atoms with Crippen molar-refractivity contribution < 1.29 is 19.1 Å². The summed E-state index contributed by atoms with van der Waals surface area (Å²) in [4.78, 5) is 29.1. The van der Waals surface area contributed by atoms with Crippen molar-refractivity contribution in [2.24, 2.45) is 0 Å². The van der Waals surface area contributed by atoms with E-state index in [1.807, 2.05) is 55.5 Å². The lowest BCUT2D eigenvalue weighted by atomic mass is 10.1. The quantitative estimate of drug-likeness (QED) is 0.722. The van der Waals surface area contributed by atoms with Crippen LogP contribution in [0.2, 0.25) is 0 Å². The van der Waals surface area contributed by atoms with Gasteiger partial charge in [-0.15, -0.1) is 0 Å². The van der Waals surface area contributed by atoms with Gasteiger partial charge in [-0.3, -0.25) is 9.59 Å². The number of rotatable bonds is 7. The van der Waals surface area contributed by atoms with Crippen LogP contribution >= 0.6 is 0 Å². The van der Waals surface area contributed by atoms with Gasteiger partial charge in [0.25, 0.3) is 11.8 Å². The predicted octanol–water partition coefficient (Wildman–Crippen LogP) is 2.98. The number of piperazine rings is 1. The van der Waals surface area contributed by atoms with Gasteiger partial charge in [0.05, 0.1) is 18.8 Å². The lowest BCUT2D eigenvalue weighted by Gasteiger charge is -2.36. The summed E-state index contributed by atoms with van der Waals surface area (Å²) in [6.45, 7) is 6.58. The Kier molecular flexibility index (Phi) is 7.25. The van der Waals surface area contributed by atoms with E-state index in [0.717, 1.165) is 5.56 Å². The van der Waals surface area contributed by atoms with Crippen molar-refractivity contribution in [2.75, 3.05) is 32.8 Å².